The van der Waals surface area contributed by atoms with Gasteiger partial charge < -0.3 is 9.47 Å². The summed E-state index contributed by atoms with van der Waals surface area (Å²) in [6, 6.07) is 8.91. The topological polar surface area (TPSA) is 55.1 Å². The van der Waals surface area contributed by atoms with E-state index in [4.69, 9.17) is 21.1 Å². The number of methoxy groups -OCH3 is 2. The van der Waals surface area contributed by atoms with E-state index < -0.39 is 0 Å². The van der Waals surface area contributed by atoms with Gasteiger partial charge in [-0.25, -0.2) is 4.98 Å². The van der Waals surface area contributed by atoms with Gasteiger partial charge in [0.2, 0.25) is 5.88 Å². The second kappa shape index (κ2) is 5.59. The maximum Gasteiger partial charge on any atom is 0.213 e. The van der Waals surface area contributed by atoms with Crippen LogP contribution in [0, 0.1) is 11.3 Å². The van der Waals surface area contributed by atoms with Crippen molar-refractivity contribution in [1.29, 1.82) is 5.26 Å². The summed E-state index contributed by atoms with van der Waals surface area (Å²) in [6.07, 6.45) is 1.55. The van der Waals surface area contributed by atoms with Crippen LogP contribution >= 0.6 is 11.6 Å². The molecule has 1 aromatic heterocycles. The summed E-state index contributed by atoms with van der Waals surface area (Å²) in [5.74, 6) is 0.999. The lowest BCUT2D eigenvalue weighted by Gasteiger charge is -2.11. The van der Waals surface area contributed by atoms with E-state index in [1.54, 1.807) is 37.6 Å². The third kappa shape index (κ3) is 2.61. The molecule has 0 aliphatic rings. The van der Waals surface area contributed by atoms with Crippen LogP contribution in [-0.2, 0) is 0 Å². The Hall–Kier alpha value is -2.25. The van der Waals surface area contributed by atoms with Crippen LogP contribution < -0.4 is 9.47 Å². The van der Waals surface area contributed by atoms with Crippen molar-refractivity contribution in [2.24, 2.45) is 0 Å². The second-order valence-corrected chi connectivity index (χ2v) is 4.17. The largest absolute Gasteiger partial charge is 0.494 e. The van der Waals surface area contributed by atoms with Crippen molar-refractivity contribution in [3.63, 3.8) is 0 Å². The monoisotopic (exact) mass is 274 g/mol. The Morgan fingerprint density at radius 1 is 1.16 bits per heavy atom. The third-order valence-electron chi connectivity index (χ3n) is 2.66. The summed E-state index contributed by atoms with van der Waals surface area (Å²) in [7, 11) is 3.07. The standard InChI is InChI=1S/C14H11ClN2O2/c1-18-13-8-17-14(19-2)6-12(13)11-5-10(15)4-3-9(11)7-16/h3-6,8H,1-2H3. The zero-order valence-electron chi connectivity index (χ0n) is 10.5. The lowest BCUT2D eigenvalue weighted by molar-refractivity contribution is 0.388. The first-order chi connectivity index (χ1) is 9.19. The van der Waals surface area contributed by atoms with E-state index in [2.05, 4.69) is 11.1 Å². The molecular formula is C14H11ClN2O2. The molecule has 4 nitrogen and oxygen atoms in total. The fraction of sp³-hybridized carbons (Fsp3) is 0.143. The molecule has 0 atom stereocenters. The predicted octanol–water partition coefficient (Wildman–Crippen LogP) is 3.29. The van der Waals surface area contributed by atoms with Crippen LogP contribution in [0.1, 0.15) is 5.56 Å². The highest BCUT2D eigenvalue weighted by molar-refractivity contribution is 6.31. The van der Waals surface area contributed by atoms with Crippen LogP contribution in [0.15, 0.2) is 30.5 Å². The number of nitrogens with zero attached hydrogens (tertiary/aromatic N) is 2. The average molecular weight is 275 g/mol. The molecule has 0 radical (unpaired) electrons. The van der Waals surface area contributed by atoms with E-state index in [-0.39, 0.29) is 0 Å². The van der Waals surface area contributed by atoms with E-state index in [1.807, 2.05) is 0 Å². The highest BCUT2D eigenvalue weighted by atomic mass is 35.5. The lowest BCUT2D eigenvalue weighted by Crippen LogP contribution is -1.94. The molecule has 0 N–H and O–H groups in total. The summed E-state index contributed by atoms with van der Waals surface area (Å²) in [4.78, 5) is 4.07. The maximum atomic E-state index is 9.18. The van der Waals surface area contributed by atoms with Crippen molar-refractivity contribution in [2.45, 2.75) is 0 Å². The molecule has 0 aliphatic heterocycles. The van der Waals surface area contributed by atoms with Crippen LogP contribution in [-0.4, -0.2) is 19.2 Å². The summed E-state index contributed by atoms with van der Waals surface area (Å²) in [5, 5.41) is 9.73. The molecular weight excluding hydrogens is 264 g/mol. The smallest absolute Gasteiger partial charge is 0.213 e. The van der Waals surface area contributed by atoms with Gasteiger partial charge in [-0.3, -0.25) is 0 Å². The zero-order chi connectivity index (χ0) is 13.8. The fourth-order valence-corrected chi connectivity index (χ4v) is 1.92. The molecule has 0 saturated carbocycles. The minimum atomic E-state index is 0.444. The number of aromatic nitrogens is 1. The van der Waals surface area contributed by atoms with Gasteiger partial charge in [0.25, 0.3) is 0 Å². The third-order valence-corrected chi connectivity index (χ3v) is 2.90. The minimum absolute atomic E-state index is 0.444. The summed E-state index contributed by atoms with van der Waals surface area (Å²) >= 11 is 6.00. The van der Waals surface area contributed by atoms with Gasteiger partial charge >= 0.3 is 0 Å². The number of nitriles is 1. The molecule has 0 aliphatic carbocycles. The number of hydrogen-bond acceptors (Lipinski definition) is 4. The van der Waals surface area contributed by atoms with Crippen LogP contribution in [0.5, 0.6) is 11.6 Å². The summed E-state index contributed by atoms with van der Waals surface area (Å²) in [5.41, 5.74) is 1.91. The Balaban J connectivity index is 2.70. The van der Waals surface area contributed by atoms with Gasteiger partial charge in [0.15, 0.2) is 0 Å². The van der Waals surface area contributed by atoms with Crippen molar-refractivity contribution in [2.75, 3.05) is 14.2 Å². The van der Waals surface area contributed by atoms with Gasteiger partial charge in [-0.15, -0.1) is 0 Å². The average Bonchev–Trinajstić information content (AvgIpc) is 2.46. The maximum absolute atomic E-state index is 9.18. The van der Waals surface area contributed by atoms with Crippen molar-refractivity contribution in [3.05, 3.63) is 41.0 Å². The summed E-state index contributed by atoms with van der Waals surface area (Å²) in [6.45, 7) is 0. The van der Waals surface area contributed by atoms with Crippen molar-refractivity contribution in [1.82, 2.24) is 4.98 Å². The number of benzene rings is 1. The molecule has 1 aromatic carbocycles. The Kier molecular flexibility index (Phi) is 3.88. The van der Waals surface area contributed by atoms with Crippen LogP contribution in [0.25, 0.3) is 11.1 Å². The molecule has 96 valence electrons. The van der Waals surface area contributed by atoms with E-state index in [0.717, 1.165) is 0 Å². The molecule has 2 rings (SSSR count). The number of hydrogen-bond donors (Lipinski definition) is 0. The Morgan fingerprint density at radius 3 is 2.58 bits per heavy atom. The number of pyridine rings is 1. The van der Waals surface area contributed by atoms with Crippen LogP contribution in [0.2, 0.25) is 5.02 Å². The van der Waals surface area contributed by atoms with Gasteiger partial charge in [-0.05, 0) is 18.2 Å². The first-order valence-electron chi connectivity index (χ1n) is 5.47. The molecule has 19 heavy (non-hydrogen) atoms. The number of ether oxygens (including phenoxy) is 2. The van der Waals surface area contributed by atoms with E-state index in [1.165, 1.54) is 7.11 Å². The van der Waals surface area contributed by atoms with Crippen LogP contribution in [0.3, 0.4) is 0 Å². The van der Waals surface area contributed by atoms with Crippen molar-refractivity contribution < 1.29 is 9.47 Å². The van der Waals surface area contributed by atoms with Crippen LogP contribution in [0.4, 0.5) is 0 Å². The van der Waals surface area contributed by atoms with E-state index in [0.29, 0.717) is 33.3 Å². The predicted molar refractivity (Wildman–Crippen MR) is 72.5 cm³/mol. The second-order valence-electron chi connectivity index (χ2n) is 3.73. The number of rotatable bonds is 3. The summed E-state index contributed by atoms with van der Waals surface area (Å²) < 4.78 is 10.4. The molecule has 0 amide bonds. The quantitative estimate of drug-likeness (QED) is 0.862. The lowest BCUT2D eigenvalue weighted by atomic mass is 10.0. The normalized spacial score (nSPS) is 9.79. The molecule has 0 spiro atoms. The first kappa shape index (κ1) is 13.2. The van der Waals surface area contributed by atoms with Crippen molar-refractivity contribution in [3.8, 4) is 28.8 Å². The molecule has 0 saturated heterocycles. The Morgan fingerprint density at radius 2 is 1.95 bits per heavy atom. The van der Waals surface area contributed by atoms with Gasteiger partial charge in [0.05, 0.1) is 32.0 Å². The van der Waals surface area contributed by atoms with Gasteiger partial charge in [0, 0.05) is 22.2 Å². The number of halogens is 1. The van der Waals surface area contributed by atoms with Gasteiger partial charge in [0.1, 0.15) is 5.75 Å². The zero-order valence-corrected chi connectivity index (χ0v) is 11.2. The van der Waals surface area contributed by atoms with Crippen molar-refractivity contribution >= 4 is 11.6 Å². The molecule has 2 aromatic rings. The fourth-order valence-electron chi connectivity index (χ4n) is 1.75. The molecule has 0 bridgehead atoms. The Labute approximate surface area is 116 Å². The molecule has 5 heteroatoms. The SMILES string of the molecule is COc1cc(-c2cc(Cl)ccc2C#N)c(OC)cn1. The van der Waals surface area contributed by atoms with Gasteiger partial charge in [-0.2, -0.15) is 5.26 Å². The molecule has 0 unspecified atom stereocenters. The Bertz CT molecular complexity index is 650. The van der Waals surface area contributed by atoms with E-state index in [9.17, 15) is 5.26 Å². The van der Waals surface area contributed by atoms with Gasteiger partial charge in [-0.1, -0.05) is 11.6 Å². The molecule has 1 heterocycles. The van der Waals surface area contributed by atoms with E-state index >= 15 is 0 Å². The molecule has 0 fully saturated rings. The highest BCUT2D eigenvalue weighted by Gasteiger charge is 2.13. The highest BCUT2D eigenvalue weighted by Crippen LogP contribution is 2.35. The first-order valence-corrected chi connectivity index (χ1v) is 5.85. The minimum Gasteiger partial charge on any atom is -0.494 e.